The lowest BCUT2D eigenvalue weighted by molar-refractivity contribution is 0.0411. The predicted octanol–water partition coefficient (Wildman–Crippen LogP) is 5.00. The zero-order valence-electron chi connectivity index (χ0n) is 18.5. The summed E-state index contributed by atoms with van der Waals surface area (Å²) in [7, 11) is 5.59. The molecule has 29 heavy (non-hydrogen) atoms. The topological polar surface area (TPSA) is 59.0 Å². The lowest BCUT2D eigenvalue weighted by atomic mass is 10.1. The van der Waals surface area contributed by atoms with Crippen molar-refractivity contribution in [1.82, 2.24) is 15.2 Å². The van der Waals surface area contributed by atoms with Crippen molar-refractivity contribution in [3.63, 3.8) is 0 Å². The van der Waals surface area contributed by atoms with Crippen LogP contribution in [0.1, 0.15) is 75.1 Å². The van der Waals surface area contributed by atoms with Gasteiger partial charge in [0.1, 0.15) is 11.1 Å². The van der Waals surface area contributed by atoms with Gasteiger partial charge in [0.2, 0.25) is 0 Å². The second-order valence-corrected chi connectivity index (χ2v) is 8.47. The molecule has 1 aromatic heterocycles. The summed E-state index contributed by atoms with van der Waals surface area (Å²) in [6.07, 6.45) is 10.6. The lowest BCUT2D eigenvalue weighted by Crippen LogP contribution is -2.39. The molecule has 6 nitrogen and oxygen atoms in total. The van der Waals surface area contributed by atoms with Crippen molar-refractivity contribution in [2.24, 2.45) is 4.99 Å². The maximum Gasteiger partial charge on any atom is 0.193 e. The van der Waals surface area contributed by atoms with Crippen LogP contribution in [0.25, 0.3) is 0 Å². The van der Waals surface area contributed by atoms with Crippen molar-refractivity contribution in [2.75, 3.05) is 34.4 Å². The maximum atomic E-state index is 6.07. The highest BCUT2D eigenvalue weighted by Gasteiger charge is 2.13. The van der Waals surface area contributed by atoms with Crippen LogP contribution in [0, 0.1) is 0 Å². The molecule has 1 aromatic rings. The Hall–Kier alpha value is -0.450. The van der Waals surface area contributed by atoms with Gasteiger partial charge < -0.3 is 19.7 Å². The molecular weight excluding hydrogens is 499 g/mol. The Morgan fingerprint density at radius 3 is 2.69 bits per heavy atom. The van der Waals surface area contributed by atoms with E-state index in [9.17, 15) is 0 Å². The van der Waals surface area contributed by atoms with E-state index in [1.54, 1.807) is 18.4 Å². The van der Waals surface area contributed by atoms with Crippen molar-refractivity contribution in [1.29, 1.82) is 0 Å². The molecule has 0 bridgehead atoms. The number of hydrogen-bond donors (Lipinski definition) is 1. The highest BCUT2D eigenvalue weighted by Crippen LogP contribution is 2.21. The summed E-state index contributed by atoms with van der Waals surface area (Å²) in [5, 5.41) is 6.56. The van der Waals surface area contributed by atoms with Crippen molar-refractivity contribution in [3.8, 4) is 0 Å². The Balaban J connectivity index is 0.00000420. The van der Waals surface area contributed by atoms with Gasteiger partial charge in [0.15, 0.2) is 5.96 Å². The smallest absolute Gasteiger partial charge is 0.193 e. The molecule has 8 heteroatoms. The van der Waals surface area contributed by atoms with E-state index in [1.807, 2.05) is 21.0 Å². The lowest BCUT2D eigenvalue weighted by Gasteiger charge is -2.21. The minimum Gasteiger partial charge on any atom is -0.378 e. The third-order valence-electron chi connectivity index (χ3n) is 5.25. The van der Waals surface area contributed by atoms with E-state index >= 15 is 0 Å². The van der Waals surface area contributed by atoms with Crippen LogP contribution in [0.2, 0.25) is 0 Å². The Morgan fingerprint density at radius 1 is 1.31 bits per heavy atom. The van der Waals surface area contributed by atoms with Gasteiger partial charge in [-0.15, -0.1) is 35.3 Å². The predicted molar refractivity (Wildman–Crippen MR) is 132 cm³/mol. The molecule has 1 fully saturated rings. The fourth-order valence-corrected chi connectivity index (χ4v) is 4.31. The number of aromatic nitrogens is 1. The summed E-state index contributed by atoms with van der Waals surface area (Å²) >= 11 is 1.65. The standard InChI is InChI=1S/C21H38N4O2S.HI/c1-17(26-4)20-24-18(16-28-20)15-25(3)21(22-2)23-13-9-10-14-27-19-11-7-5-6-8-12-19;/h16-17,19H,5-15H2,1-4H3,(H,22,23);1H. The zero-order valence-corrected chi connectivity index (χ0v) is 21.6. The number of thiazole rings is 1. The molecular formula is C21H39IN4O2S. The number of nitrogens with zero attached hydrogens (tertiary/aromatic N) is 3. The molecule has 1 aliphatic rings. The van der Waals surface area contributed by atoms with Crippen LogP contribution in [0.15, 0.2) is 10.4 Å². The number of methoxy groups -OCH3 is 1. The van der Waals surface area contributed by atoms with E-state index in [0.717, 1.165) is 49.2 Å². The molecule has 0 saturated heterocycles. The fraction of sp³-hybridized carbons (Fsp3) is 0.810. The van der Waals surface area contributed by atoms with Crippen LogP contribution in [0.3, 0.4) is 0 Å². The minimum absolute atomic E-state index is 0. The molecule has 1 saturated carbocycles. The summed E-state index contributed by atoms with van der Waals surface area (Å²) < 4.78 is 11.4. The van der Waals surface area contributed by atoms with Gasteiger partial charge in [0.25, 0.3) is 0 Å². The summed E-state index contributed by atoms with van der Waals surface area (Å²) in [5.41, 5.74) is 1.05. The molecule has 0 aliphatic heterocycles. The van der Waals surface area contributed by atoms with Gasteiger partial charge in [-0.3, -0.25) is 4.99 Å². The van der Waals surface area contributed by atoms with Crippen LogP contribution in [0.4, 0.5) is 0 Å². The van der Waals surface area contributed by atoms with E-state index in [0.29, 0.717) is 6.10 Å². The number of nitrogens with one attached hydrogen (secondary N) is 1. The van der Waals surface area contributed by atoms with Gasteiger partial charge in [0, 0.05) is 39.7 Å². The molecule has 0 radical (unpaired) electrons. The average molecular weight is 539 g/mol. The SMILES string of the molecule is CN=C(NCCCCOC1CCCCCC1)N(C)Cc1csc(C(C)OC)n1.I. The second kappa shape index (κ2) is 15.4. The average Bonchev–Trinajstić information content (AvgIpc) is 3.01. The van der Waals surface area contributed by atoms with E-state index < -0.39 is 0 Å². The first-order valence-corrected chi connectivity index (χ1v) is 11.5. The second-order valence-electron chi connectivity index (χ2n) is 7.58. The molecule has 1 aliphatic carbocycles. The number of rotatable bonds is 10. The summed E-state index contributed by atoms with van der Waals surface area (Å²) in [6, 6.07) is 0. The van der Waals surface area contributed by atoms with Gasteiger partial charge in [-0.1, -0.05) is 25.7 Å². The van der Waals surface area contributed by atoms with E-state index in [2.05, 4.69) is 25.6 Å². The van der Waals surface area contributed by atoms with Gasteiger partial charge in [-0.25, -0.2) is 4.98 Å². The fourth-order valence-electron chi connectivity index (χ4n) is 3.47. The van der Waals surface area contributed by atoms with Crippen LogP contribution in [-0.4, -0.2) is 56.3 Å². The molecule has 168 valence electrons. The van der Waals surface area contributed by atoms with Crippen LogP contribution < -0.4 is 5.32 Å². The Kier molecular flexibility index (Phi) is 14.1. The van der Waals surface area contributed by atoms with E-state index in [-0.39, 0.29) is 30.1 Å². The van der Waals surface area contributed by atoms with Crippen LogP contribution in [-0.2, 0) is 16.0 Å². The van der Waals surface area contributed by atoms with E-state index in [4.69, 9.17) is 9.47 Å². The van der Waals surface area contributed by atoms with Gasteiger partial charge in [-0.2, -0.15) is 0 Å². The quantitative estimate of drug-likeness (QED) is 0.150. The molecule has 2 rings (SSSR count). The van der Waals surface area contributed by atoms with Crippen molar-refractivity contribution in [3.05, 3.63) is 16.1 Å². The normalized spacial score (nSPS) is 16.8. The number of hydrogen-bond acceptors (Lipinski definition) is 5. The molecule has 1 atom stereocenters. The molecule has 1 N–H and O–H groups in total. The van der Waals surface area contributed by atoms with Gasteiger partial charge in [-0.05, 0) is 32.6 Å². The third kappa shape index (κ3) is 9.93. The molecule has 0 spiro atoms. The summed E-state index contributed by atoms with van der Waals surface area (Å²) in [6.45, 7) is 4.54. The first-order chi connectivity index (χ1) is 13.6. The monoisotopic (exact) mass is 538 g/mol. The van der Waals surface area contributed by atoms with Crippen molar-refractivity contribution < 1.29 is 9.47 Å². The maximum absolute atomic E-state index is 6.07. The number of ether oxygens (including phenoxy) is 2. The zero-order chi connectivity index (χ0) is 20.2. The Bertz CT molecular complexity index is 577. The summed E-state index contributed by atoms with van der Waals surface area (Å²) in [4.78, 5) is 11.2. The summed E-state index contributed by atoms with van der Waals surface area (Å²) in [5.74, 6) is 0.902. The molecule has 1 unspecified atom stereocenters. The molecule has 1 heterocycles. The first kappa shape index (κ1) is 26.6. The number of halogens is 1. The highest BCUT2D eigenvalue weighted by molar-refractivity contribution is 14.0. The Morgan fingerprint density at radius 2 is 2.03 bits per heavy atom. The minimum atomic E-state index is 0. The first-order valence-electron chi connectivity index (χ1n) is 10.6. The van der Waals surface area contributed by atoms with Gasteiger partial charge in [0.05, 0.1) is 18.3 Å². The van der Waals surface area contributed by atoms with Crippen LogP contribution in [0.5, 0.6) is 0 Å². The number of guanidine groups is 1. The third-order valence-corrected chi connectivity index (χ3v) is 6.31. The molecule has 0 amide bonds. The molecule has 0 aromatic carbocycles. The Labute approximate surface area is 197 Å². The number of unbranched alkanes of at least 4 members (excludes halogenated alkanes) is 1. The highest BCUT2D eigenvalue weighted by atomic mass is 127. The van der Waals surface area contributed by atoms with Crippen LogP contribution >= 0.6 is 35.3 Å². The number of aliphatic imine (C=N–C) groups is 1. The van der Waals surface area contributed by atoms with Crippen molar-refractivity contribution >= 4 is 41.3 Å². The van der Waals surface area contributed by atoms with Crippen molar-refractivity contribution in [2.45, 2.75) is 77.0 Å². The van der Waals surface area contributed by atoms with E-state index in [1.165, 1.54) is 38.5 Å². The van der Waals surface area contributed by atoms with Gasteiger partial charge >= 0.3 is 0 Å². The largest absolute Gasteiger partial charge is 0.378 e.